The Balaban J connectivity index is 1.30. The fraction of sp³-hybridized carbons (Fsp3) is 0.745. The molecule has 28 heteroatoms. The van der Waals surface area contributed by atoms with Gasteiger partial charge in [-0.05, 0) is 86.2 Å². The molecule has 28 nitrogen and oxygen atoms in total. The van der Waals surface area contributed by atoms with Gasteiger partial charge in [-0.3, -0.25) is 49.3 Å². The maximum Gasteiger partial charge on any atom is 0.323 e. The lowest BCUT2D eigenvalue weighted by molar-refractivity contribution is -0.300. The lowest BCUT2D eigenvalue weighted by Gasteiger charge is -2.39. The van der Waals surface area contributed by atoms with Gasteiger partial charge in [-0.1, -0.05) is 16.7 Å². The van der Waals surface area contributed by atoms with Gasteiger partial charge in [-0.25, -0.2) is 15.2 Å². The first-order valence-electron chi connectivity index (χ1n) is 24.7. The van der Waals surface area contributed by atoms with Crippen molar-refractivity contribution in [2.45, 2.75) is 158 Å². The number of nitrogens with one attached hydrogen (secondary N) is 2. The number of rotatable bonds is 30. The van der Waals surface area contributed by atoms with Gasteiger partial charge in [0.1, 0.15) is 67.0 Å². The first kappa shape index (κ1) is 64.7. The quantitative estimate of drug-likeness (QED) is 0.0141. The Morgan fingerprint density at radius 3 is 1.29 bits per heavy atom. The number of amides is 5. The van der Waals surface area contributed by atoms with Gasteiger partial charge in [0, 0.05) is 44.3 Å². The number of aliphatic hydroxyl groups is 8. The molecule has 0 aromatic rings. The molecule has 0 aromatic carbocycles. The van der Waals surface area contributed by atoms with E-state index in [1.807, 2.05) is 0 Å². The average Bonchev–Trinajstić information content (AvgIpc) is 3.35. The van der Waals surface area contributed by atoms with Crippen LogP contribution in [0.25, 0.3) is 0 Å². The highest BCUT2D eigenvalue weighted by Gasteiger charge is 2.45. The summed E-state index contributed by atoms with van der Waals surface area (Å²) in [5.41, 5.74) is 1.46. The minimum atomic E-state index is -1.61. The molecule has 13 atom stereocenters. The molecular formula is C47H78N6O22. The summed E-state index contributed by atoms with van der Waals surface area (Å²) >= 11 is 0. The van der Waals surface area contributed by atoms with E-state index in [1.54, 1.807) is 39.8 Å². The number of carbonyl (C=O) groups is 6. The monoisotopic (exact) mass is 1080 g/mol. The number of ether oxygens (including phenoxy) is 5. The summed E-state index contributed by atoms with van der Waals surface area (Å²) < 4.78 is 26.8. The summed E-state index contributed by atoms with van der Waals surface area (Å²) in [6.45, 7) is 2.86. The first-order chi connectivity index (χ1) is 35.4. The second-order valence-corrected chi connectivity index (χ2v) is 18.9. The van der Waals surface area contributed by atoms with Crippen LogP contribution in [0.3, 0.4) is 0 Å². The van der Waals surface area contributed by atoms with Crippen LogP contribution in [-0.2, 0) is 52.5 Å². The highest BCUT2D eigenvalue weighted by atomic mass is 16.7. The molecule has 5 amide bonds. The van der Waals surface area contributed by atoms with Crippen LogP contribution in [0.2, 0.25) is 0 Å². The molecule has 3 aliphatic rings. The molecule has 3 rings (SSSR count). The summed E-state index contributed by atoms with van der Waals surface area (Å²) in [5, 5.41) is 116. The minimum Gasteiger partial charge on any atom is -0.464 e. The lowest BCUT2D eigenvalue weighted by atomic mass is 9.99. The Kier molecular flexibility index (Phi) is 27.8. The van der Waals surface area contributed by atoms with E-state index in [4.69, 9.17) is 23.7 Å². The molecule has 0 aromatic heterocycles. The first-order valence-corrected chi connectivity index (χ1v) is 24.7. The predicted octanol–water partition coefficient (Wildman–Crippen LogP) is -3.92. The lowest BCUT2D eigenvalue weighted by Crippen LogP contribution is -2.61. The molecule has 0 aliphatic carbocycles. The van der Waals surface area contributed by atoms with E-state index in [0.29, 0.717) is 31.9 Å². The van der Waals surface area contributed by atoms with Gasteiger partial charge in [0.2, 0.25) is 11.8 Å². The number of esters is 1. The normalized spacial score (nSPS) is 28.1. The van der Waals surface area contributed by atoms with Crippen molar-refractivity contribution in [1.82, 2.24) is 30.7 Å². The zero-order valence-corrected chi connectivity index (χ0v) is 43.0. The Hall–Kier alpha value is -4.60. The van der Waals surface area contributed by atoms with E-state index in [0.717, 1.165) is 12.2 Å². The predicted molar refractivity (Wildman–Crippen MR) is 255 cm³/mol. The molecule has 0 saturated carbocycles. The van der Waals surface area contributed by atoms with E-state index < -0.39 is 128 Å². The Labute approximate surface area is 434 Å². The zero-order chi connectivity index (χ0) is 56.1. The Bertz CT molecular complexity index is 1960. The van der Waals surface area contributed by atoms with E-state index in [1.165, 1.54) is 6.08 Å². The topological polar surface area (TPSA) is 408 Å². The smallest absolute Gasteiger partial charge is 0.323 e. The number of nitrogens with zero attached hydrogens (tertiary/aromatic N) is 4. The third-order valence-electron chi connectivity index (χ3n) is 12.6. The molecule has 3 saturated heterocycles. The number of likely N-dealkylation sites (N-methyl/N-ethyl adjacent to an activating group) is 1. The van der Waals surface area contributed by atoms with Gasteiger partial charge >= 0.3 is 5.97 Å². The summed E-state index contributed by atoms with van der Waals surface area (Å²) in [6, 6.07) is -2.63. The largest absolute Gasteiger partial charge is 0.464 e. The van der Waals surface area contributed by atoms with Gasteiger partial charge < -0.3 is 75.2 Å². The van der Waals surface area contributed by atoms with Crippen molar-refractivity contribution in [2.75, 3.05) is 66.8 Å². The van der Waals surface area contributed by atoms with Crippen molar-refractivity contribution in [3.63, 3.8) is 0 Å². The minimum absolute atomic E-state index is 0.0609. The van der Waals surface area contributed by atoms with Crippen LogP contribution in [-0.4, -0.2) is 258 Å². The Morgan fingerprint density at radius 1 is 0.573 bits per heavy atom. The zero-order valence-electron chi connectivity index (χ0n) is 43.0. The standard InChI is InChI=1S/C47H78N6O22/c1-26(12-18-71-45(67)31(50(4)5)11-8-17-53(70)36(58)23-28(3)14-20-73-47-42(64)40(62)38(60)33(25-55)75-47)21-34(56)51(68)15-6-9-29-43(65)49-30(44(66)48-29)10-7-16-52(69)35(57)22-27(2)13-19-72-46-41(63)39(61)37(59)32(24-54)74-46/h21-23,29-33,37-42,46-47,54-55,59-64,68-70H,6-20,24-25H2,1-5H3,(H,48,66)(H,49,65). The molecule has 3 aliphatic heterocycles. The van der Waals surface area contributed by atoms with E-state index in [-0.39, 0.29) is 97.2 Å². The van der Waals surface area contributed by atoms with Crippen molar-refractivity contribution < 1.29 is 109 Å². The van der Waals surface area contributed by atoms with E-state index in [2.05, 4.69) is 10.6 Å². The molecule has 75 heavy (non-hydrogen) atoms. The number of aliphatic hydroxyl groups excluding tert-OH is 8. The second-order valence-electron chi connectivity index (χ2n) is 18.9. The van der Waals surface area contributed by atoms with Crippen LogP contribution in [0.4, 0.5) is 0 Å². The van der Waals surface area contributed by atoms with Gasteiger partial charge in [0.05, 0.1) is 33.0 Å². The SMILES string of the molecule is CC(=CC(=O)N(O)CCCC1NC(=O)C(CCCN(O)C(=O)C=C(C)CCOC2OC(CO)C(O)C(O)C2O)NC1=O)CCOC(=O)C(CCCN(O)C(=O)C=C(C)CCOC1OC(CO)C(O)C(O)C1O)N(C)C. The van der Waals surface area contributed by atoms with Crippen LogP contribution in [0, 0.1) is 0 Å². The molecule has 13 N–H and O–H groups in total. The van der Waals surface area contributed by atoms with Gasteiger partial charge in [0.15, 0.2) is 12.6 Å². The van der Waals surface area contributed by atoms with Crippen LogP contribution in [0.5, 0.6) is 0 Å². The molecule has 428 valence electrons. The third-order valence-corrected chi connectivity index (χ3v) is 12.6. The van der Waals surface area contributed by atoms with Gasteiger partial charge in [-0.15, -0.1) is 0 Å². The number of hydroxylamine groups is 6. The number of piperazine rings is 1. The molecule has 0 spiro atoms. The van der Waals surface area contributed by atoms with Crippen LogP contribution in [0.15, 0.2) is 34.9 Å². The van der Waals surface area contributed by atoms with Crippen LogP contribution in [0.1, 0.15) is 78.6 Å². The summed E-state index contributed by atoms with van der Waals surface area (Å²) in [4.78, 5) is 77.9. The van der Waals surface area contributed by atoms with Crippen molar-refractivity contribution in [1.29, 1.82) is 0 Å². The van der Waals surface area contributed by atoms with Crippen molar-refractivity contribution in [2.24, 2.45) is 0 Å². The molecular weight excluding hydrogens is 1000 g/mol. The highest BCUT2D eigenvalue weighted by Crippen LogP contribution is 2.24. The molecule has 3 fully saturated rings. The summed E-state index contributed by atoms with van der Waals surface area (Å²) in [7, 11) is 3.31. The number of carbonyl (C=O) groups excluding carboxylic acids is 6. The molecule has 3 heterocycles. The summed E-state index contributed by atoms with van der Waals surface area (Å²) in [6.07, 6.45) is -9.54. The fourth-order valence-corrected chi connectivity index (χ4v) is 7.89. The average molecular weight is 1080 g/mol. The molecule has 0 radical (unpaired) electrons. The van der Waals surface area contributed by atoms with Gasteiger partial charge in [-0.2, -0.15) is 0 Å². The Morgan fingerprint density at radius 2 is 0.933 bits per heavy atom. The number of hydrogen-bond donors (Lipinski definition) is 13. The van der Waals surface area contributed by atoms with Crippen molar-refractivity contribution in [3.05, 3.63) is 34.9 Å². The number of hydrogen-bond acceptors (Lipinski definition) is 23. The summed E-state index contributed by atoms with van der Waals surface area (Å²) in [5.74, 6) is -3.83. The van der Waals surface area contributed by atoms with E-state index in [9.17, 15) is 85.2 Å². The third kappa shape index (κ3) is 20.7. The fourth-order valence-electron chi connectivity index (χ4n) is 7.89. The maximum atomic E-state index is 12.9. The molecule has 0 bridgehead atoms. The van der Waals surface area contributed by atoms with Crippen molar-refractivity contribution in [3.8, 4) is 0 Å². The highest BCUT2D eigenvalue weighted by molar-refractivity contribution is 5.97. The maximum absolute atomic E-state index is 12.9. The molecule has 13 unspecified atom stereocenters. The van der Waals surface area contributed by atoms with E-state index >= 15 is 0 Å². The van der Waals surface area contributed by atoms with Crippen LogP contribution >= 0.6 is 0 Å². The van der Waals surface area contributed by atoms with Crippen LogP contribution < -0.4 is 10.6 Å². The van der Waals surface area contributed by atoms with Gasteiger partial charge in [0.25, 0.3) is 17.7 Å². The van der Waals surface area contributed by atoms with Crippen molar-refractivity contribution >= 4 is 35.5 Å². The second kappa shape index (κ2) is 32.2.